The highest BCUT2D eigenvalue weighted by atomic mass is 14.3. The molecule has 2 aliphatic carbocycles. The van der Waals surface area contributed by atoms with E-state index < -0.39 is 0 Å². The first-order chi connectivity index (χ1) is 14.5. The van der Waals surface area contributed by atoms with E-state index in [-0.39, 0.29) is 0 Å². The lowest BCUT2D eigenvalue weighted by Gasteiger charge is -2.27. The van der Waals surface area contributed by atoms with Gasteiger partial charge in [0.25, 0.3) is 0 Å². The van der Waals surface area contributed by atoms with Crippen LogP contribution in [-0.2, 0) is 0 Å². The molecule has 0 fully saturated rings. The van der Waals surface area contributed by atoms with Crippen molar-refractivity contribution in [1.29, 1.82) is 0 Å². The number of rotatable bonds is 0. The quantitative estimate of drug-likeness (QED) is 0.186. The smallest absolute Gasteiger partial charge is 0.00141 e. The summed E-state index contributed by atoms with van der Waals surface area (Å²) in [5.41, 5.74) is 9.75. The number of hydrogen-bond acceptors (Lipinski definition) is 0. The predicted octanol–water partition coefficient (Wildman–Crippen LogP) is 8.60. The molecule has 0 unspecified atom stereocenters. The van der Waals surface area contributed by atoms with Gasteiger partial charge >= 0.3 is 0 Å². The third-order valence-corrected chi connectivity index (χ3v) is 7.28. The fourth-order valence-electron chi connectivity index (χ4n) is 5.96. The number of fused-ring (bicyclic) bond motifs is 2. The minimum absolute atomic E-state index is 0.851. The second kappa shape index (κ2) is 5.09. The van der Waals surface area contributed by atoms with Crippen molar-refractivity contribution in [2.75, 3.05) is 0 Å². The average molecular weight is 380 g/mol. The van der Waals surface area contributed by atoms with Gasteiger partial charge in [0.05, 0.1) is 0 Å². The van der Waals surface area contributed by atoms with Gasteiger partial charge in [0, 0.05) is 0 Å². The van der Waals surface area contributed by atoms with E-state index >= 15 is 0 Å². The van der Waals surface area contributed by atoms with Crippen LogP contribution in [0, 0.1) is 0 Å². The Kier molecular flexibility index (Phi) is 2.75. The predicted molar refractivity (Wildman–Crippen MR) is 133 cm³/mol. The Morgan fingerprint density at radius 3 is 0.900 bits per heavy atom. The number of benzene rings is 5. The van der Waals surface area contributed by atoms with Gasteiger partial charge in [0.15, 0.2) is 0 Å². The minimum atomic E-state index is 0.851. The number of hydrogen-bond donors (Lipinski definition) is 0. The van der Waals surface area contributed by atoms with Crippen LogP contribution in [0.5, 0.6) is 0 Å². The molecule has 30 heavy (non-hydrogen) atoms. The Hall–Kier alpha value is -3.64. The van der Waals surface area contributed by atoms with E-state index in [1.165, 1.54) is 87.6 Å². The molecule has 0 radical (unpaired) electrons. The minimum Gasteiger partial charge on any atom is -0.0949 e. The molecule has 0 nitrogen and oxygen atoms in total. The molecule has 0 N–H and O–H groups in total. The first-order valence-corrected chi connectivity index (χ1v) is 10.5. The standard InChI is InChI=1S/C30H20/c1-15-13-16(2)20-6-10-24-26-12-8-22-18(4)14-17(3)21-7-11-25(30(26)28(21)22)23-9-5-19(15)27(20)29(23)24/h5-12H,1-4,13-14H2. The van der Waals surface area contributed by atoms with Crippen molar-refractivity contribution in [2.45, 2.75) is 12.8 Å². The lowest BCUT2D eigenvalue weighted by Crippen LogP contribution is -2.02. The van der Waals surface area contributed by atoms with Crippen molar-refractivity contribution in [1.82, 2.24) is 0 Å². The average Bonchev–Trinajstić information content (AvgIpc) is 2.74. The van der Waals surface area contributed by atoms with Crippen LogP contribution in [0.4, 0.5) is 0 Å². The summed E-state index contributed by atoms with van der Waals surface area (Å²) in [5, 5.41) is 10.6. The molecule has 5 aromatic carbocycles. The maximum atomic E-state index is 4.35. The summed E-state index contributed by atoms with van der Waals surface area (Å²) in [6.07, 6.45) is 1.70. The van der Waals surface area contributed by atoms with Crippen LogP contribution >= 0.6 is 0 Å². The summed E-state index contributed by atoms with van der Waals surface area (Å²) in [4.78, 5) is 0. The van der Waals surface area contributed by atoms with E-state index in [9.17, 15) is 0 Å². The molecule has 2 aliphatic rings. The molecule has 5 aromatic rings. The Morgan fingerprint density at radius 2 is 0.633 bits per heavy atom. The Labute approximate surface area is 175 Å². The zero-order valence-electron chi connectivity index (χ0n) is 16.9. The van der Waals surface area contributed by atoms with Crippen LogP contribution in [0.1, 0.15) is 35.1 Å². The molecule has 0 aromatic heterocycles. The molecule has 0 heteroatoms. The molecule has 0 amide bonds. The first kappa shape index (κ1) is 16.2. The summed E-state index contributed by atoms with van der Waals surface area (Å²) >= 11 is 0. The normalized spacial score (nSPS) is 16.0. The molecular formula is C30H20. The van der Waals surface area contributed by atoms with Gasteiger partial charge in [-0.25, -0.2) is 0 Å². The van der Waals surface area contributed by atoms with E-state index in [4.69, 9.17) is 0 Å². The van der Waals surface area contributed by atoms with Gasteiger partial charge in [-0.15, -0.1) is 0 Å². The van der Waals surface area contributed by atoms with E-state index in [0.29, 0.717) is 0 Å². The molecule has 140 valence electrons. The zero-order valence-corrected chi connectivity index (χ0v) is 16.9. The third kappa shape index (κ3) is 1.70. The van der Waals surface area contributed by atoms with E-state index in [2.05, 4.69) is 74.8 Å². The Bertz CT molecular complexity index is 1440. The van der Waals surface area contributed by atoms with Gasteiger partial charge in [-0.3, -0.25) is 0 Å². The second-order valence-electron chi connectivity index (χ2n) is 8.91. The fraction of sp³-hybridized carbons (Fsp3) is 0.0667. The van der Waals surface area contributed by atoms with Gasteiger partial charge < -0.3 is 0 Å². The van der Waals surface area contributed by atoms with Crippen molar-refractivity contribution < 1.29 is 0 Å². The summed E-state index contributed by atoms with van der Waals surface area (Å²) in [7, 11) is 0. The van der Waals surface area contributed by atoms with Crippen molar-refractivity contribution in [2.24, 2.45) is 0 Å². The summed E-state index contributed by atoms with van der Waals surface area (Å²) in [6.45, 7) is 17.4. The zero-order chi connectivity index (χ0) is 20.3. The molecule has 7 rings (SSSR count). The Balaban J connectivity index is 1.82. The molecule has 0 bridgehead atoms. The molecule has 0 atom stereocenters. The molecular weight excluding hydrogens is 360 g/mol. The second-order valence-corrected chi connectivity index (χ2v) is 8.91. The van der Waals surface area contributed by atoms with Gasteiger partial charge in [-0.05, 0) is 100 Å². The largest absolute Gasteiger partial charge is 0.0949 e. The molecule has 0 spiro atoms. The van der Waals surface area contributed by atoms with Crippen LogP contribution in [0.2, 0.25) is 0 Å². The Morgan fingerprint density at radius 1 is 0.367 bits per heavy atom. The molecule has 0 heterocycles. The van der Waals surface area contributed by atoms with Crippen molar-refractivity contribution in [3.05, 3.63) is 97.1 Å². The first-order valence-electron chi connectivity index (χ1n) is 10.5. The van der Waals surface area contributed by atoms with E-state index in [0.717, 1.165) is 12.8 Å². The summed E-state index contributed by atoms with van der Waals surface area (Å²) in [5.74, 6) is 0. The van der Waals surface area contributed by atoms with Crippen LogP contribution in [0.25, 0.3) is 65.4 Å². The maximum absolute atomic E-state index is 4.35. The van der Waals surface area contributed by atoms with Gasteiger partial charge in [0.1, 0.15) is 0 Å². The highest BCUT2D eigenvalue weighted by Crippen LogP contribution is 2.50. The van der Waals surface area contributed by atoms with Crippen molar-refractivity contribution in [3.8, 4) is 0 Å². The summed E-state index contributed by atoms with van der Waals surface area (Å²) in [6, 6.07) is 18.2. The van der Waals surface area contributed by atoms with Crippen LogP contribution in [-0.4, -0.2) is 0 Å². The fourth-order valence-corrected chi connectivity index (χ4v) is 5.96. The van der Waals surface area contributed by atoms with Gasteiger partial charge in [-0.2, -0.15) is 0 Å². The maximum Gasteiger partial charge on any atom is -0.00141 e. The van der Waals surface area contributed by atoms with Crippen LogP contribution in [0.15, 0.2) is 74.8 Å². The molecule has 0 aliphatic heterocycles. The summed E-state index contributed by atoms with van der Waals surface area (Å²) < 4.78 is 0. The van der Waals surface area contributed by atoms with Crippen molar-refractivity contribution >= 4 is 65.4 Å². The SMILES string of the molecule is C=C1CC(=C)c2ccc3c4ccc5c6c(ccc(c7ccc1c2c73)c64)C(=C)CC5=C. The highest BCUT2D eigenvalue weighted by molar-refractivity contribution is 6.36. The lowest BCUT2D eigenvalue weighted by molar-refractivity contribution is 1.39. The molecule has 0 saturated carbocycles. The van der Waals surface area contributed by atoms with E-state index in [1.54, 1.807) is 0 Å². The lowest BCUT2D eigenvalue weighted by atomic mass is 9.77. The van der Waals surface area contributed by atoms with Crippen LogP contribution in [0.3, 0.4) is 0 Å². The van der Waals surface area contributed by atoms with Gasteiger partial charge in [-0.1, -0.05) is 74.8 Å². The van der Waals surface area contributed by atoms with Crippen LogP contribution < -0.4 is 0 Å². The third-order valence-electron chi connectivity index (χ3n) is 7.28. The number of allylic oxidation sites excluding steroid dienone is 4. The molecule has 0 saturated heterocycles. The highest BCUT2D eigenvalue weighted by Gasteiger charge is 2.25. The van der Waals surface area contributed by atoms with E-state index in [1.807, 2.05) is 0 Å². The van der Waals surface area contributed by atoms with Crippen molar-refractivity contribution in [3.63, 3.8) is 0 Å². The van der Waals surface area contributed by atoms with Gasteiger partial charge in [0.2, 0.25) is 0 Å². The monoisotopic (exact) mass is 380 g/mol. The topological polar surface area (TPSA) is 0 Å².